The van der Waals surface area contributed by atoms with Crippen LogP contribution in [0.15, 0.2) is 43.7 Å². The number of rotatable bonds is 4. The van der Waals surface area contributed by atoms with Gasteiger partial charge in [0.05, 0.1) is 10.2 Å². The highest BCUT2D eigenvalue weighted by Crippen LogP contribution is 2.29. The Morgan fingerprint density at radius 1 is 1.09 bits per heavy atom. The molecule has 0 bridgehead atoms. The maximum Gasteiger partial charge on any atom is 0.262 e. The number of amides is 1. The fraction of sp³-hybridized carbons (Fsp3) is 0.0714. The van der Waals surface area contributed by atoms with E-state index in [-0.39, 0.29) is 16.8 Å². The molecule has 0 heterocycles. The molecule has 22 heavy (non-hydrogen) atoms. The number of anilines is 1. The quantitative estimate of drug-likeness (QED) is 0.622. The summed E-state index contributed by atoms with van der Waals surface area (Å²) < 4.78 is 33.6. The Morgan fingerprint density at radius 3 is 2.45 bits per heavy atom. The lowest BCUT2D eigenvalue weighted by molar-refractivity contribution is -0.118. The summed E-state index contributed by atoms with van der Waals surface area (Å²) in [5.74, 6) is -1.71. The van der Waals surface area contributed by atoms with Gasteiger partial charge in [0.2, 0.25) is 0 Å². The lowest BCUT2D eigenvalue weighted by Crippen LogP contribution is -2.21. The third kappa shape index (κ3) is 4.50. The summed E-state index contributed by atoms with van der Waals surface area (Å²) in [4.78, 5) is 11.8. The first-order valence-electron chi connectivity index (χ1n) is 5.89. The third-order valence-corrected chi connectivity index (χ3v) is 4.26. The molecule has 0 fully saturated rings. The molecule has 116 valence electrons. The van der Waals surface area contributed by atoms with Crippen LogP contribution < -0.4 is 10.1 Å². The van der Waals surface area contributed by atoms with Crippen LogP contribution in [0, 0.1) is 11.6 Å². The van der Waals surface area contributed by atoms with E-state index < -0.39 is 17.5 Å². The first kappa shape index (κ1) is 17.4. The zero-order valence-corrected chi connectivity index (χ0v) is 15.6. The number of hydrogen-bond acceptors (Lipinski definition) is 2. The first-order valence-corrected chi connectivity index (χ1v) is 8.27. The number of carbonyl (C=O) groups excluding carboxylic acids is 1. The Hall–Kier alpha value is -0.990. The van der Waals surface area contributed by atoms with Crippen LogP contribution in [-0.2, 0) is 4.79 Å². The van der Waals surface area contributed by atoms with Gasteiger partial charge in [-0.3, -0.25) is 4.79 Å². The average molecular weight is 500 g/mol. The molecule has 0 atom stereocenters. The fourth-order valence-corrected chi connectivity index (χ4v) is 3.24. The molecule has 0 saturated heterocycles. The van der Waals surface area contributed by atoms with Gasteiger partial charge in [-0.2, -0.15) is 0 Å². The van der Waals surface area contributed by atoms with E-state index in [1.165, 1.54) is 0 Å². The van der Waals surface area contributed by atoms with Crippen LogP contribution in [0.3, 0.4) is 0 Å². The van der Waals surface area contributed by atoms with Crippen molar-refractivity contribution in [2.24, 2.45) is 0 Å². The minimum atomic E-state index is -0.870. The van der Waals surface area contributed by atoms with E-state index in [0.29, 0.717) is 16.3 Å². The zero-order chi connectivity index (χ0) is 16.3. The molecule has 0 spiro atoms. The number of hydrogen-bond donors (Lipinski definition) is 1. The van der Waals surface area contributed by atoms with Gasteiger partial charge in [-0.15, -0.1) is 0 Å². The Balaban J connectivity index is 2.02. The molecule has 0 saturated carbocycles. The Kier molecular flexibility index (Phi) is 5.94. The van der Waals surface area contributed by atoms with Crippen LogP contribution >= 0.6 is 47.8 Å². The van der Waals surface area contributed by atoms with E-state index in [2.05, 4.69) is 53.1 Å². The molecule has 8 heteroatoms. The molecule has 1 amide bonds. The molecular weight excluding hydrogens is 492 g/mol. The first-order chi connectivity index (χ1) is 10.4. The summed E-state index contributed by atoms with van der Waals surface area (Å²) in [7, 11) is 0. The molecule has 0 aliphatic rings. The van der Waals surface area contributed by atoms with E-state index in [1.54, 1.807) is 18.2 Å². The minimum Gasteiger partial charge on any atom is -0.483 e. The van der Waals surface area contributed by atoms with Crippen molar-refractivity contribution in [2.75, 3.05) is 11.9 Å². The van der Waals surface area contributed by atoms with Crippen molar-refractivity contribution in [2.45, 2.75) is 0 Å². The van der Waals surface area contributed by atoms with Gasteiger partial charge in [-0.1, -0.05) is 15.9 Å². The second kappa shape index (κ2) is 7.52. The standard InChI is InChI=1S/C14H8Br3F2NO2/c15-7-1-2-12(9(16)3-7)22-6-13(21)20-14-10(17)4-8(18)5-11(14)19/h1-5H,6H2,(H,20,21). The number of halogens is 5. The van der Waals surface area contributed by atoms with Crippen molar-refractivity contribution in [3.8, 4) is 5.75 Å². The molecule has 2 rings (SSSR count). The van der Waals surface area contributed by atoms with Gasteiger partial charge in [-0.05, 0) is 56.1 Å². The molecule has 2 aromatic rings. The number of benzene rings is 2. The molecular formula is C14H8Br3F2NO2. The highest BCUT2D eigenvalue weighted by atomic mass is 79.9. The maximum absolute atomic E-state index is 13.6. The third-order valence-electron chi connectivity index (χ3n) is 2.52. The van der Waals surface area contributed by atoms with Gasteiger partial charge in [0.25, 0.3) is 5.91 Å². The number of ether oxygens (including phenoxy) is 1. The second-order valence-electron chi connectivity index (χ2n) is 4.16. The van der Waals surface area contributed by atoms with Crippen LogP contribution in [0.25, 0.3) is 0 Å². The summed E-state index contributed by atoms with van der Waals surface area (Å²) in [6.07, 6.45) is 0. The molecule has 0 radical (unpaired) electrons. The van der Waals surface area contributed by atoms with E-state index >= 15 is 0 Å². The SMILES string of the molecule is O=C(COc1ccc(Br)cc1Br)Nc1c(F)cc(F)cc1Br. The lowest BCUT2D eigenvalue weighted by atomic mass is 10.3. The maximum atomic E-state index is 13.6. The van der Waals surface area contributed by atoms with E-state index in [9.17, 15) is 13.6 Å². The van der Waals surface area contributed by atoms with Crippen molar-refractivity contribution < 1.29 is 18.3 Å². The molecule has 0 aliphatic heterocycles. The summed E-state index contributed by atoms with van der Waals surface area (Å²) in [6.45, 7) is -0.316. The number of carbonyl (C=O) groups is 1. The molecule has 0 aromatic heterocycles. The minimum absolute atomic E-state index is 0.114. The van der Waals surface area contributed by atoms with Gasteiger partial charge < -0.3 is 10.1 Å². The monoisotopic (exact) mass is 497 g/mol. The van der Waals surface area contributed by atoms with Crippen LogP contribution in [0.2, 0.25) is 0 Å². The average Bonchev–Trinajstić information content (AvgIpc) is 2.42. The topological polar surface area (TPSA) is 38.3 Å². The van der Waals surface area contributed by atoms with Crippen molar-refractivity contribution in [1.82, 2.24) is 0 Å². The van der Waals surface area contributed by atoms with Crippen molar-refractivity contribution >= 4 is 59.4 Å². The van der Waals surface area contributed by atoms with E-state index in [1.807, 2.05) is 0 Å². The summed E-state index contributed by atoms with van der Waals surface area (Å²) >= 11 is 9.59. The van der Waals surface area contributed by atoms with Gasteiger partial charge in [0.15, 0.2) is 12.4 Å². The lowest BCUT2D eigenvalue weighted by Gasteiger charge is -2.11. The second-order valence-corrected chi connectivity index (χ2v) is 6.78. The van der Waals surface area contributed by atoms with Crippen LogP contribution in [0.5, 0.6) is 5.75 Å². The smallest absolute Gasteiger partial charge is 0.262 e. The van der Waals surface area contributed by atoms with Crippen LogP contribution in [0.4, 0.5) is 14.5 Å². The van der Waals surface area contributed by atoms with Gasteiger partial charge in [0.1, 0.15) is 11.6 Å². The Bertz CT molecular complexity index is 702. The van der Waals surface area contributed by atoms with Gasteiger partial charge >= 0.3 is 0 Å². The van der Waals surface area contributed by atoms with E-state index in [0.717, 1.165) is 10.5 Å². The number of nitrogens with one attached hydrogen (secondary N) is 1. The fourth-order valence-electron chi connectivity index (χ4n) is 1.57. The predicted molar refractivity (Wildman–Crippen MR) is 90.0 cm³/mol. The molecule has 0 aliphatic carbocycles. The van der Waals surface area contributed by atoms with Crippen LogP contribution in [0.1, 0.15) is 0 Å². The Morgan fingerprint density at radius 2 is 1.82 bits per heavy atom. The molecule has 3 nitrogen and oxygen atoms in total. The Labute approximate surface area is 150 Å². The van der Waals surface area contributed by atoms with E-state index in [4.69, 9.17) is 4.74 Å². The highest BCUT2D eigenvalue weighted by Gasteiger charge is 2.13. The molecule has 0 unspecified atom stereocenters. The largest absolute Gasteiger partial charge is 0.483 e. The van der Waals surface area contributed by atoms with Crippen LogP contribution in [-0.4, -0.2) is 12.5 Å². The predicted octanol–water partition coefficient (Wildman–Crippen LogP) is 5.27. The summed E-state index contributed by atoms with van der Waals surface area (Å²) in [6, 6.07) is 6.95. The van der Waals surface area contributed by atoms with Gasteiger partial charge in [-0.25, -0.2) is 8.78 Å². The summed E-state index contributed by atoms with van der Waals surface area (Å²) in [5, 5.41) is 2.33. The highest BCUT2D eigenvalue weighted by molar-refractivity contribution is 9.11. The molecule has 1 N–H and O–H groups in total. The van der Waals surface area contributed by atoms with Gasteiger partial charge in [0, 0.05) is 15.0 Å². The zero-order valence-electron chi connectivity index (χ0n) is 10.8. The normalized spacial score (nSPS) is 10.4. The van der Waals surface area contributed by atoms with Crippen molar-refractivity contribution in [1.29, 1.82) is 0 Å². The van der Waals surface area contributed by atoms with Crippen molar-refractivity contribution in [3.63, 3.8) is 0 Å². The molecule has 2 aromatic carbocycles. The van der Waals surface area contributed by atoms with Crippen molar-refractivity contribution in [3.05, 3.63) is 55.4 Å². The summed E-state index contributed by atoms with van der Waals surface area (Å²) in [5.41, 5.74) is -0.134.